The normalized spacial score (nSPS) is 25.5. The zero-order valence-electron chi connectivity index (χ0n) is 16.9. The standard InChI is InChI=1S/C26H32O2/c1-21-12-13-24-15-26(16-25(24)14-21,19-27-17-22-8-4-2-5-9-22)20-28-18-23-10-6-3-7-11-23/h2-13,21,24-25H,14-20H2,1H3/t21?,24-,25+/m1/s1. The van der Waals surface area contributed by atoms with Gasteiger partial charge < -0.3 is 9.47 Å². The summed E-state index contributed by atoms with van der Waals surface area (Å²) in [5.41, 5.74) is 2.62. The molecule has 2 nitrogen and oxygen atoms in total. The van der Waals surface area contributed by atoms with Crippen molar-refractivity contribution in [3.05, 3.63) is 83.9 Å². The third kappa shape index (κ3) is 4.92. The first kappa shape index (κ1) is 19.4. The van der Waals surface area contributed by atoms with Gasteiger partial charge in [0.1, 0.15) is 0 Å². The first-order chi connectivity index (χ1) is 13.7. The molecule has 0 N–H and O–H groups in total. The number of fused-ring (bicyclic) bond motifs is 1. The molecule has 4 rings (SSSR count). The Labute approximate surface area is 169 Å². The number of ether oxygens (including phenoxy) is 2. The topological polar surface area (TPSA) is 18.5 Å². The first-order valence-corrected chi connectivity index (χ1v) is 10.6. The van der Waals surface area contributed by atoms with Crippen LogP contribution in [0.25, 0.3) is 0 Å². The van der Waals surface area contributed by atoms with Crippen molar-refractivity contribution in [1.82, 2.24) is 0 Å². The second-order valence-electron chi connectivity index (χ2n) is 8.89. The van der Waals surface area contributed by atoms with Gasteiger partial charge in [-0.3, -0.25) is 0 Å². The largest absolute Gasteiger partial charge is 0.376 e. The maximum absolute atomic E-state index is 6.24. The van der Waals surface area contributed by atoms with Gasteiger partial charge in [-0.05, 0) is 48.1 Å². The van der Waals surface area contributed by atoms with Crippen molar-refractivity contribution in [2.24, 2.45) is 23.2 Å². The van der Waals surface area contributed by atoms with Crippen molar-refractivity contribution in [3.8, 4) is 0 Å². The quantitative estimate of drug-likeness (QED) is 0.524. The van der Waals surface area contributed by atoms with Gasteiger partial charge >= 0.3 is 0 Å². The van der Waals surface area contributed by atoms with Crippen LogP contribution in [0.5, 0.6) is 0 Å². The molecule has 28 heavy (non-hydrogen) atoms. The van der Waals surface area contributed by atoms with Gasteiger partial charge in [0, 0.05) is 5.41 Å². The van der Waals surface area contributed by atoms with E-state index in [1.807, 2.05) is 0 Å². The molecule has 2 aromatic rings. The van der Waals surface area contributed by atoms with Gasteiger partial charge in [-0.25, -0.2) is 0 Å². The van der Waals surface area contributed by atoms with Crippen LogP contribution in [0, 0.1) is 23.2 Å². The molecule has 0 heterocycles. The number of hydrogen-bond donors (Lipinski definition) is 0. The fourth-order valence-corrected chi connectivity index (χ4v) is 5.03. The molecule has 0 aliphatic heterocycles. The molecule has 1 fully saturated rings. The molecule has 0 radical (unpaired) electrons. The van der Waals surface area contributed by atoms with E-state index < -0.39 is 0 Å². The Morgan fingerprint density at radius 2 is 1.36 bits per heavy atom. The highest BCUT2D eigenvalue weighted by Crippen LogP contribution is 2.51. The van der Waals surface area contributed by atoms with E-state index in [-0.39, 0.29) is 5.41 Å². The maximum atomic E-state index is 6.24. The highest BCUT2D eigenvalue weighted by molar-refractivity contribution is 5.14. The Kier molecular flexibility index (Phi) is 6.29. The van der Waals surface area contributed by atoms with E-state index >= 15 is 0 Å². The predicted molar refractivity (Wildman–Crippen MR) is 114 cm³/mol. The van der Waals surface area contributed by atoms with Gasteiger partial charge in [0.05, 0.1) is 26.4 Å². The molecule has 2 heteroatoms. The van der Waals surface area contributed by atoms with Gasteiger partial charge in [-0.15, -0.1) is 0 Å². The van der Waals surface area contributed by atoms with E-state index in [0.717, 1.165) is 19.1 Å². The van der Waals surface area contributed by atoms with Crippen LogP contribution in [0.15, 0.2) is 72.8 Å². The van der Waals surface area contributed by atoms with Crippen LogP contribution < -0.4 is 0 Å². The Morgan fingerprint density at radius 1 is 0.786 bits per heavy atom. The van der Waals surface area contributed by atoms with Gasteiger partial charge in [-0.1, -0.05) is 79.7 Å². The Hall–Kier alpha value is -1.90. The summed E-state index contributed by atoms with van der Waals surface area (Å²) in [6.45, 7) is 5.27. The zero-order valence-corrected chi connectivity index (χ0v) is 16.9. The van der Waals surface area contributed by atoms with Crippen LogP contribution in [0.2, 0.25) is 0 Å². The van der Waals surface area contributed by atoms with Gasteiger partial charge in [0.25, 0.3) is 0 Å². The van der Waals surface area contributed by atoms with Crippen molar-refractivity contribution in [2.45, 2.75) is 39.4 Å². The highest BCUT2D eigenvalue weighted by Gasteiger charge is 2.45. The second-order valence-corrected chi connectivity index (χ2v) is 8.89. The Balaban J connectivity index is 1.38. The summed E-state index contributed by atoms with van der Waals surface area (Å²) in [5.74, 6) is 2.17. The molecule has 2 aliphatic rings. The molecule has 0 aromatic heterocycles. The van der Waals surface area contributed by atoms with Crippen LogP contribution in [0.3, 0.4) is 0 Å². The van der Waals surface area contributed by atoms with Crippen LogP contribution >= 0.6 is 0 Å². The van der Waals surface area contributed by atoms with E-state index in [2.05, 4.69) is 79.7 Å². The van der Waals surface area contributed by atoms with E-state index in [4.69, 9.17) is 9.47 Å². The average Bonchev–Trinajstić information content (AvgIpc) is 3.07. The lowest BCUT2D eigenvalue weighted by Gasteiger charge is -2.29. The minimum absolute atomic E-state index is 0.132. The second kappa shape index (κ2) is 9.07. The van der Waals surface area contributed by atoms with E-state index in [1.165, 1.54) is 30.4 Å². The number of benzene rings is 2. The molecule has 1 unspecified atom stereocenters. The Morgan fingerprint density at radius 3 is 1.93 bits per heavy atom. The summed E-state index contributed by atoms with van der Waals surface area (Å²) in [6.07, 6.45) is 8.59. The molecule has 3 atom stereocenters. The van der Waals surface area contributed by atoms with Crippen LogP contribution in [0.4, 0.5) is 0 Å². The maximum Gasteiger partial charge on any atom is 0.0717 e. The van der Waals surface area contributed by atoms with Crippen LogP contribution in [-0.4, -0.2) is 13.2 Å². The van der Waals surface area contributed by atoms with Crippen LogP contribution in [-0.2, 0) is 22.7 Å². The summed E-state index contributed by atoms with van der Waals surface area (Å²) in [7, 11) is 0. The van der Waals surface area contributed by atoms with Crippen molar-refractivity contribution in [2.75, 3.05) is 13.2 Å². The molecule has 0 saturated heterocycles. The number of hydrogen-bond acceptors (Lipinski definition) is 2. The monoisotopic (exact) mass is 376 g/mol. The Bertz CT molecular complexity index is 707. The van der Waals surface area contributed by atoms with Crippen molar-refractivity contribution >= 4 is 0 Å². The number of allylic oxidation sites excluding steroid dienone is 2. The van der Waals surface area contributed by atoms with Gasteiger partial charge in [0.2, 0.25) is 0 Å². The molecule has 1 saturated carbocycles. The first-order valence-electron chi connectivity index (χ1n) is 10.6. The average molecular weight is 377 g/mol. The van der Waals surface area contributed by atoms with Crippen molar-refractivity contribution < 1.29 is 9.47 Å². The minimum atomic E-state index is 0.132. The van der Waals surface area contributed by atoms with E-state index in [0.29, 0.717) is 25.0 Å². The summed E-state index contributed by atoms with van der Waals surface area (Å²) in [4.78, 5) is 0. The lowest BCUT2D eigenvalue weighted by atomic mass is 9.82. The third-order valence-electron chi connectivity index (χ3n) is 6.37. The van der Waals surface area contributed by atoms with E-state index in [9.17, 15) is 0 Å². The van der Waals surface area contributed by atoms with E-state index in [1.54, 1.807) is 0 Å². The molecule has 2 aromatic carbocycles. The summed E-state index contributed by atoms with van der Waals surface area (Å²) < 4.78 is 12.5. The minimum Gasteiger partial charge on any atom is -0.376 e. The SMILES string of the molecule is CC1C=C[C@@H]2CC(COCc3ccccc3)(COCc3ccccc3)C[C@@H]2C1. The molecule has 0 amide bonds. The lowest BCUT2D eigenvalue weighted by Crippen LogP contribution is -2.30. The molecule has 0 bridgehead atoms. The predicted octanol–water partition coefficient (Wildman–Crippen LogP) is 6.03. The molecule has 2 aliphatic carbocycles. The molecule has 0 spiro atoms. The summed E-state index contributed by atoms with van der Waals surface area (Å²) in [6, 6.07) is 21.0. The summed E-state index contributed by atoms with van der Waals surface area (Å²) in [5, 5.41) is 0. The summed E-state index contributed by atoms with van der Waals surface area (Å²) >= 11 is 0. The highest BCUT2D eigenvalue weighted by atomic mass is 16.5. The third-order valence-corrected chi connectivity index (χ3v) is 6.37. The van der Waals surface area contributed by atoms with Crippen molar-refractivity contribution in [3.63, 3.8) is 0 Å². The molecule has 148 valence electrons. The van der Waals surface area contributed by atoms with Gasteiger partial charge in [0.15, 0.2) is 0 Å². The smallest absolute Gasteiger partial charge is 0.0717 e. The van der Waals surface area contributed by atoms with Crippen molar-refractivity contribution in [1.29, 1.82) is 0 Å². The van der Waals surface area contributed by atoms with Gasteiger partial charge in [-0.2, -0.15) is 0 Å². The fraction of sp³-hybridized carbons (Fsp3) is 0.462. The molecular weight excluding hydrogens is 344 g/mol. The fourth-order valence-electron chi connectivity index (χ4n) is 5.03. The zero-order chi connectivity index (χ0) is 19.2. The van der Waals surface area contributed by atoms with Crippen LogP contribution in [0.1, 0.15) is 37.3 Å². The molecular formula is C26H32O2. The number of rotatable bonds is 8. The lowest BCUT2D eigenvalue weighted by molar-refractivity contribution is -0.0325.